The zero-order chi connectivity index (χ0) is 13.0. The maximum Gasteiger partial charge on any atom is 0.223 e. The normalized spacial score (nSPS) is 31.9. The summed E-state index contributed by atoms with van der Waals surface area (Å²) >= 11 is 0. The highest BCUT2D eigenvalue weighted by Crippen LogP contribution is 2.40. The van der Waals surface area contributed by atoms with E-state index in [-0.39, 0.29) is 23.3 Å². The molecule has 1 amide bonds. The van der Waals surface area contributed by atoms with E-state index in [9.17, 15) is 4.79 Å². The van der Waals surface area contributed by atoms with Crippen LogP contribution in [0.4, 0.5) is 0 Å². The summed E-state index contributed by atoms with van der Waals surface area (Å²) in [5, 5.41) is 6.35. The van der Waals surface area contributed by atoms with Gasteiger partial charge in [-0.25, -0.2) is 0 Å². The molecule has 1 saturated heterocycles. The second kappa shape index (κ2) is 6.02. The standard InChI is InChI=1S/C14H26N2O2/c1-14(2)6-4-3-5-12(14)13(17)16-10-11-9-15-7-8-18-11/h11-12,15H,3-10H2,1-2H3,(H,16,17). The van der Waals surface area contributed by atoms with Crippen molar-refractivity contribution in [3.05, 3.63) is 0 Å². The van der Waals surface area contributed by atoms with Crippen molar-refractivity contribution in [2.24, 2.45) is 11.3 Å². The molecule has 0 radical (unpaired) electrons. The Morgan fingerprint density at radius 1 is 1.44 bits per heavy atom. The molecular formula is C14H26N2O2. The minimum atomic E-state index is 0.134. The molecule has 2 aliphatic rings. The number of nitrogens with one attached hydrogen (secondary N) is 2. The third kappa shape index (κ3) is 3.45. The molecule has 2 rings (SSSR count). The summed E-state index contributed by atoms with van der Waals surface area (Å²) in [5.74, 6) is 0.386. The van der Waals surface area contributed by atoms with E-state index in [1.54, 1.807) is 0 Å². The lowest BCUT2D eigenvalue weighted by atomic mass is 9.68. The molecule has 18 heavy (non-hydrogen) atoms. The zero-order valence-electron chi connectivity index (χ0n) is 11.6. The molecular weight excluding hydrogens is 228 g/mol. The highest BCUT2D eigenvalue weighted by molar-refractivity contribution is 5.79. The van der Waals surface area contributed by atoms with Gasteiger partial charge in [0.25, 0.3) is 0 Å². The third-order valence-corrected chi connectivity index (χ3v) is 4.33. The van der Waals surface area contributed by atoms with Gasteiger partial charge in [-0.05, 0) is 18.3 Å². The van der Waals surface area contributed by atoms with Gasteiger partial charge in [0.05, 0.1) is 12.7 Å². The van der Waals surface area contributed by atoms with Gasteiger partial charge in [0.15, 0.2) is 0 Å². The molecule has 0 aromatic heterocycles. The lowest BCUT2D eigenvalue weighted by Crippen LogP contribution is -2.48. The Morgan fingerprint density at radius 2 is 2.28 bits per heavy atom. The van der Waals surface area contributed by atoms with Crippen LogP contribution in [0.5, 0.6) is 0 Å². The van der Waals surface area contributed by atoms with Crippen LogP contribution in [-0.2, 0) is 9.53 Å². The molecule has 1 saturated carbocycles. The van der Waals surface area contributed by atoms with Crippen LogP contribution in [-0.4, -0.2) is 38.3 Å². The van der Waals surface area contributed by atoms with Crippen molar-refractivity contribution in [1.82, 2.24) is 10.6 Å². The van der Waals surface area contributed by atoms with Crippen LogP contribution in [0.2, 0.25) is 0 Å². The molecule has 0 aromatic carbocycles. The van der Waals surface area contributed by atoms with Crippen LogP contribution >= 0.6 is 0 Å². The molecule has 0 bridgehead atoms. The van der Waals surface area contributed by atoms with E-state index in [4.69, 9.17) is 4.74 Å². The molecule has 2 atom stereocenters. The predicted octanol–water partition coefficient (Wildman–Crippen LogP) is 1.31. The van der Waals surface area contributed by atoms with E-state index in [1.807, 2.05) is 0 Å². The third-order valence-electron chi connectivity index (χ3n) is 4.33. The fraction of sp³-hybridized carbons (Fsp3) is 0.929. The summed E-state index contributed by atoms with van der Waals surface area (Å²) in [6.07, 6.45) is 4.76. The molecule has 2 N–H and O–H groups in total. The molecule has 4 heteroatoms. The summed E-state index contributed by atoms with van der Waals surface area (Å²) in [6, 6.07) is 0. The van der Waals surface area contributed by atoms with E-state index < -0.39 is 0 Å². The van der Waals surface area contributed by atoms with Gasteiger partial charge in [0, 0.05) is 25.6 Å². The van der Waals surface area contributed by atoms with Gasteiger partial charge in [-0.2, -0.15) is 0 Å². The van der Waals surface area contributed by atoms with E-state index in [2.05, 4.69) is 24.5 Å². The average Bonchev–Trinajstić information content (AvgIpc) is 2.37. The predicted molar refractivity (Wildman–Crippen MR) is 71.4 cm³/mol. The first-order chi connectivity index (χ1) is 8.59. The second-order valence-corrected chi connectivity index (χ2v) is 6.23. The van der Waals surface area contributed by atoms with Crippen LogP contribution in [0, 0.1) is 11.3 Å². The van der Waals surface area contributed by atoms with Gasteiger partial charge < -0.3 is 15.4 Å². The summed E-state index contributed by atoms with van der Waals surface area (Å²) in [6.45, 7) is 7.58. The smallest absolute Gasteiger partial charge is 0.223 e. The van der Waals surface area contributed by atoms with Crippen LogP contribution in [0.15, 0.2) is 0 Å². The minimum absolute atomic E-state index is 0.134. The molecule has 1 aliphatic carbocycles. The number of amides is 1. The van der Waals surface area contributed by atoms with E-state index >= 15 is 0 Å². The van der Waals surface area contributed by atoms with Crippen molar-refractivity contribution in [2.75, 3.05) is 26.2 Å². The second-order valence-electron chi connectivity index (χ2n) is 6.23. The van der Waals surface area contributed by atoms with Gasteiger partial charge in [0.1, 0.15) is 0 Å². The van der Waals surface area contributed by atoms with Crippen molar-refractivity contribution in [2.45, 2.75) is 45.6 Å². The Morgan fingerprint density at radius 3 is 2.94 bits per heavy atom. The Balaban J connectivity index is 1.79. The maximum absolute atomic E-state index is 12.3. The zero-order valence-corrected chi connectivity index (χ0v) is 11.6. The van der Waals surface area contributed by atoms with E-state index in [0.717, 1.165) is 32.5 Å². The minimum Gasteiger partial charge on any atom is -0.374 e. The van der Waals surface area contributed by atoms with E-state index in [1.165, 1.54) is 12.8 Å². The Hall–Kier alpha value is -0.610. The van der Waals surface area contributed by atoms with E-state index in [0.29, 0.717) is 6.54 Å². The van der Waals surface area contributed by atoms with Crippen LogP contribution in [0.3, 0.4) is 0 Å². The van der Waals surface area contributed by atoms with Gasteiger partial charge in [-0.1, -0.05) is 26.7 Å². The molecule has 0 aromatic rings. The molecule has 0 spiro atoms. The quantitative estimate of drug-likeness (QED) is 0.798. The number of morpholine rings is 1. The first-order valence-corrected chi connectivity index (χ1v) is 7.19. The Kier molecular flexibility index (Phi) is 4.62. The summed E-state index contributed by atoms with van der Waals surface area (Å²) < 4.78 is 5.59. The molecule has 1 aliphatic heterocycles. The van der Waals surface area contributed by atoms with Gasteiger partial charge in [-0.15, -0.1) is 0 Å². The Labute approximate surface area is 110 Å². The van der Waals surface area contributed by atoms with Crippen molar-refractivity contribution < 1.29 is 9.53 Å². The molecule has 2 unspecified atom stereocenters. The van der Waals surface area contributed by atoms with Crippen molar-refractivity contribution in [3.63, 3.8) is 0 Å². The van der Waals surface area contributed by atoms with Crippen LogP contribution in [0.25, 0.3) is 0 Å². The lowest BCUT2D eigenvalue weighted by Gasteiger charge is -2.37. The SMILES string of the molecule is CC1(C)CCCCC1C(=O)NCC1CNCCO1. The van der Waals surface area contributed by atoms with Gasteiger partial charge in [0.2, 0.25) is 5.91 Å². The molecule has 1 heterocycles. The van der Waals surface area contributed by atoms with Gasteiger partial charge >= 0.3 is 0 Å². The lowest BCUT2D eigenvalue weighted by molar-refractivity contribution is -0.131. The molecule has 104 valence electrons. The first kappa shape index (κ1) is 13.8. The summed E-state index contributed by atoms with van der Waals surface area (Å²) in [4.78, 5) is 12.3. The molecule has 4 nitrogen and oxygen atoms in total. The number of carbonyl (C=O) groups excluding carboxylic acids is 1. The number of hydrogen-bond acceptors (Lipinski definition) is 3. The van der Waals surface area contributed by atoms with Crippen molar-refractivity contribution in [1.29, 1.82) is 0 Å². The maximum atomic E-state index is 12.3. The fourth-order valence-electron chi connectivity index (χ4n) is 3.07. The van der Waals surface area contributed by atoms with Crippen LogP contribution in [0.1, 0.15) is 39.5 Å². The number of carbonyl (C=O) groups is 1. The highest BCUT2D eigenvalue weighted by atomic mass is 16.5. The largest absolute Gasteiger partial charge is 0.374 e. The number of ether oxygens (including phenoxy) is 1. The molecule has 2 fully saturated rings. The van der Waals surface area contributed by atoms with Gasteiger partial charge in [-0.3, -0.25) is 4.79 Å². The summed E-state index contributed by atoms with van der Waals surface area (Å²) in [7, 11) is 0. The first-order valence-electron chi connectivity index (χ1n) is 7.19. The average molecular weight is 254 g/mol. The monoisotopic (exact) mass is 254 g/mol. The fourth-order valence-corrected chi connectivity index (χ4v) is 3.07. The number of rotatable bonds is 3. The highest BCUT2D eigenvalue weighted by Gasteiger charge is 2.37. The Bertz CT molecular complexity index is 286. The van der Waals surface area contributed by atoms with Crippen molar-refractivity contribution in [3.8, 4) is 0 Å². The van der Waals surface area contributed by atoms with Crippen LogP contribution < -0.4 is 10.6 Å². The van der Waals surface area contributed by atoms with Crippen molar-refractivity contribution >= 4 is 5.91 Å². The number of hydrogen-bond donors (Lipinski definition) is 2. The summed E-state index contributed by atoms with van der Waals surface area (Å²) in [5.41, 5.74) is 0.147. The topological polar surface area (TPSA) is 50.4 Å².